The molecule has 0 bridgehead atoms. The third-order valence-corrected chi connectivity index (χ3v) is 6.39. The van der Waals surface area contributed by atoms with E-state index in [9.17, 15) is 9.59 Å². The third-order valence-electron chi connectivity index (χ3n) is 5.29. The van der Waals surface area contributed by atoms with Gasteiger partial charge in [-0.05, 0) is 44.2 Å². The van der Waals surface area contributed by atoms with Gasteiger partial charge in [0.05, 0.1) is 27.6 Å². The number of nitrogens with one attached hydrogen (secondary N) is 1. The first kappa shape index (κ1) is 16.5. The Morgan fingerprint density at radius 2 is 2.12 bits per heavy atom. The van der Waals surface area contributed by atoms with Crippen LogP contribution in [0, 0.1) is 5.92 Å². The number of aromatic nitrogens is 1. The first-order chi connectivity index (χ1) is 12.2. The van der Waals surface area contributed by atoms with Crippen molar-refractivity contribution in [2.75, 3.05) is 6.54 Å². The van der Waals surface area contributed by atoms with Crippen molar-refractivity contribution >= 4 is 33.4 Å². The predicted molar refractivity (Wildman–Crippen MR) is 96.3 cm³/mol. The van der Waals surface area contributed by atoms with E-state index in [1.54, 1.807) is 11.3 Å². The van der Waals surface area contributed by atoms with Gasteiger partial charge in [0.15, 0.2) is 0 Å². The minimum atomic E-state index is -0.520. The lowest BCUT2D eigenvalue weighted by Crippen LogP contribution is -2.43. The first-order valence-electron chi connectivity index (χ1n) is 9.00. The molecule has 2 fully saturated rings. The third kappa shape index (κ3) is 3.27. The van der Waals surface area contributed by atoms with Crippen LogP contribution in [0.3, 0.4) is 0 Å². The summed E-state index contributed by atoms with van der Waals surface area (Å²) in [5, 5.41) is 4.11. The fraction of sp³-hybridized carbons (Fsp3) is 0.526. The predicted octanol–water partition coefficient (Wildman–Crippen LogP) is 3.22. The fourth-order valence-electron chi connectivity index (χ4n) is 4.05. The number of thiazole rings is 1. The lowest BCUT2D eigenvalue weighted by Gasteiger charge is -2.27. The highest BCUT2D eigenvalue weighted by Crippen LogP contribution is 2.45. The molecule has 1 atom stereocenters. The van der Waals surface area contributed by atoms with Gasteiger partial charge in [0.1, 0.15) is 5.60 Å². The molecule has 2 aliphatic rings. The van der Waals surface area contributed by atoms with Gasteiger partial charge in [0.2, 0.25) is 5.91 Å². The van der Waals surface area contributed by atoms with E-state index in [1.807, 2.05) is 18.2 Å². The molecule has 1 spiro atoms. The van der Waals surface area contributed by atoms with Gasteiger partial charge in [-0.2, -0.15) is 0 Å². The number of carbonyl (C=O) groups is 2. The minimum Gasteiger partial charge on any atom is -0.458 e. The molecule has 4 rings (SSSR count). The topological polar surface area (TPSA) is 68.3 Å². The Morgan fingerprint density at radius 3 is 2.92 bits per heavy atom. The van der Waals surface area contributed by atoms with Gasteiger partial charge in [-0.15, -0.1) is 11.3 Å². The molecule has 0 unspecified atom stereocenters. The van der Waals surface area contributed by atoms with E-state index < -0.39 is 5.60 Å². The van der Waals surface area contributed by atoms with Crippen LogP contribution < -0.4 is 5.32 Å². The van der Waals surface area contributed by atoms with Crippen LogP contribution >= 0.6 is 11.3 Å². The van der Waals surface area contributed by atoms with Crippen LogP contribution in [0.2, 0.25) is 0 Å². The number of ether oxygens (including phenoxy) is 1. The van der Waals surface area contributed by atoms with Gasteiger partial charge in [0, 0.05) is 13.0 Å². The van der Waals surface area contributed by atoms with Crippen molar-refractivity contribution in [1.29, 1.82) is 0 Å². The number of hydrogen-bond acceptors (Lipinski definition) is 5. The number of amides is 1. The monoisotopic (exact) mass is 358 g/mol. The Kier molecular flexibility index (Phi) is 4.46. The zero-order valence-electron chi connectivity index (χ0n) is 14.1. The summed E-state index contributed by atoms with van der Waals surface area (Å²) >= 11 is 1.71. The maximum Gasteiger partial charge on any atom is 0.307 e. The molecule has 2 aromatic rings. The van der Waals surface area contributed by atoms with Crippen LogP contribution in [0.5, 0.6) is 0 Å². The Labute approximate surface area is 150 Å². The van der Waals surface area contributed by atoms with Crippen LogP contribution in [0.15, 0.2) is 24.3 Å². The number of aryl methyl sites for hydroxylation is 1. The summed E-state index contributed by atoms with van der Waals surface area (Å²) in [7, 11) is 0. The van der Waals surface area contributed by atoms with Gasteiger partial charge in [-0.25, -0.2) is 4.98 Å². The van der Waals surface area contributed by atoms with Gasteiger partial charge in [-0.3, -0.25) is 9.59 Å². The summed E-state index contributed by atoms with van der Waals surface area (Å²) in [4.78, 5) is 28.9. The minimum absolute atomic E-state index is 0.0305. The lowest BCUT2D eigenvalue weighted by atomic mass is 9.85. The quantitative estimate of drug-likeness (QED) is 0.658. The maximum atomic E-state index is 12.5. The summed E-state index contributed by atoms with van der Waals surface area (Å²) in [5.41, 5.74) is 0.519. The summed E-state index contributed by atoms with van der Waals surface area (Å²) in [6.07, 6.45) is 5.64. The molecule has 5 nitrogen and oxygen atoms in total. The second kappa shape index (κ2) is 6.75. The highest BCUT2D eigenvalue weighted by molar-refractivity contribution is 7.18. The van der Waals surface area contributed by atoms with E-state index in [2.05, 4.69) is 16.4 Å². The zero-order valence-corrected chi connectivity index (χ0v) is 14.9. The molecule has 0 radical (unpaired) electrons. The summed E-state index contributed by atoms with van der Waals surface area (Å²) in [6, 6.07) is 8.12. The molecule has 1 saturated heterocycles. The van der Waals surface area contributed by atoms with Gasteiger partial charge in [0.25, 0.3) is 0 Å². The van der Waals surface area contributed by atoms with Crippen LogP contribution in [0.1, 0.15) is 43.5 Å². The van der Waals surface area contributed by atoms with Crippen LogP contribution in [0.4, 0.5) is 0 Å². The normalized spacial score (nSPS) is 21.8. The van der Waals surface area contributed by atoms with Crippen molar-refractivity contribution in [3.05, 3.63) is 29.3 Å². The van der Waals surface area contributed by atoms with E-state index in [0.29, 0.717) is 6.54 Å². The highest BCUT2D eigenvalue weighted by Gasteiger charge is 2.53. The Bertz CT molecular complexity index is 762. The lowest BCUT2D eigenvalue weighted by molar-refractivity contribution is -0.149. The second-order valence-corrected chi connectivity index (χ2v) is 8.09. The van der Waals surface area contributed by atoms with E-state index in [1.165, 1.54) is 4.70 Å². The molecule has 1 aromatic heterocycles. The summed E-state index contributed by atoms with van der Waals surface area (Å²) in [6.45, 7) is 0.607. The van der Waals surface area contributed by atoms with E-state index >= 15 is 0 Å². The number of nitrogens with zero attached hydrogens (tertiary/aromatic N) is 1. The van der Waals surface area contributed by atoms with Crippen molar-refractivity contribution in [2.45, 2.75) is 50.5 Å². The van der Waals surface area contributed by atoms with E-state index in [-0.39, 0.29) is 24.2 Å². The highest BCUT2D eigenvalue weighted by atomic mass is 32.1. The molecule has 1 saturated carbocycles. The number of carbonyl (C=O) groups excluding carboxylic acids is 2. The second-order valence-electron chi connectivity index (χ2n) is 6.97. The largest absolute Gasteiger partial charge is 0.458 e. The van der Waals surface area contributed by atoms with Gasteiger partial charge in [-0.1, -0.05) is 12.1 Å². The number of para-hydroxylation sites is 1. The smallest absolute Gasteiger partial charge is 0.307 e. The molecular formula is C19H22N2O3S. The fourth-order valence-corrected chi connectivity index (χ4v) is 5.06. The van der Waals surface area contributed by atoms with E-state index in [4.69, 9.17) is 4.74 Å². The Morgan fingerprint density at radius 1 is 1.32 bits per heavy atom. The van der Waals surface area contributed by atoms with Crippen molar-refractivity contribution in [3.63, 3.8) is 0 Å². The SMILES string of the molecule is O=C1C[C@@H](C(=O)NCCCc2nc3ccccc3s2)C2(CCCC2)O1. The van der Waals surface area contributed by atoms with Crippen LogP contribution in [-0.2, 0) is 20.7 Å². The molecule has 2 heterocycles. The van der Waals surface area contributed by atoms with Crippen molar-refractivity contribution in [2.24, 2.45) is 5.92 Å². The number of fused-ring (bicyclic) bond motifs is 1. The molecule has 1 aromatic carbocycles. The number of rotatable bonds is 5. The standard InChI is InChI=1S/C19H22N2O3S/c22-17-12-13(19(24-17)9-3-4-10-19)18(23)20-11-5-8-16-21-14-6-1-2-7-15(14)25-16/h1-2,6-7,13H,3-5,8-12H2,(H,20,23)/t13-/m0/s1. The van der Waals surface area contributed by atoms with Crippen molar-refractivity contribution in [1.82, 2.24) is 10.3 Å². The summed E-state index contributed by atoms with van der Waals surface area (Å²) in [5.74, 6) is -0.571. The average molecular weight is 358 g/mol. The van der Waals surface area contributed by atoms with Crippen LogP contribution in [-0.4, -0.2) is 29.0 Å². The molecule has 6 heteroatoms. The van der Waals surface area contributed by atoms with Crippen LogP contribution in [0.25, 0.3) is 10.2 Å². The molecule has 1 N–H and O–H groups in total. The van der Waals surface area contributed by atoms with Gasteiger partial charge >= 0.3 is 5.97 Å². The molecule has 132 valence electrons. The molecule has 1 aliphatic heterocycles. The first-order valence-corrected chi connectivity index (χ1v) is 9.82. The molecular weight excluding hydrogens is 336 g/mol. The molecule has 25 heavy (non-hydrogen) atoms. The Hall–Kier alpha value is -1.95. The number of benzene rings is 1. The summed E-state index contributed by atoms with van der Waals surface area (Å²) < 4.78 is 6.75. The zero-order chi connectivity index (χ0) is 17.3. The van der Waals surface area contributed by atoms with Gasteiger partial charge < -0.3 is 10.1 Å². The molecule has 1 amide bonds. The number of hydrogen-bond donors (Lipinski definition) is 1. The average Bonchev–Trinajstić information content (AvgIpc) is 3.30. The maximum absolute atomic E-state index is 12.5. The van der Waals surface area contributed by atoms with Crippen molar-refractivity contribution in [3.8, 4) is 0 Å². The van der Waals surface area contributed by atoms with E-state index in [0.717, 1.165) is 49.0 Å². The molecule has 1 aliphatic carbocycles. The number of esters is 1. The Balaban J connectivity index is 1.29. The van der Waals surface area contributed by atoms with Crippen molar-refractivity contribution < 1.29 is 14.3 Å².